The van der Waals surface area contributed by atoms with Gasteiger partial charge in [-0.25, -0.2) is 0 Å². The lowest BCUT2D eigenvalue weighted by molar-refractivity contribution is -0.143. The van der Waals surface area contributed by atoms with Gasteiger partial charge in [-0.1, -0.05) is 24.3 Å². The first-order valence-electron chi connectivity index (χ1n) is 7.33. The van der Waals surface area contributed by atoms with Gasteiger partial charge in [0.05, 0.1) is 18.6 Å². The van der Waals surface area contributed by atoms with E-state index in [0.29, 0.717) is 6.61 Å². The summed E-state index contributed by atoms with van der Waals surface area (Å²) >= 11 is 0. The van der Waals surface area contributed by atoms with Crippen LogP contribution in [0.4, 0.5) is 0 Å². The fourth-order valence-corrected chi connectivity index (χ4v) is 3.18. The van der Waals surface area contributed by atoms with Gasteiger partial charge in [-0.2, -0.15) is 0 Å². The summed E-state index contributed by atoms with van der Waals surface area (Å²) in [6.45, 7) is 0.515. The van der Waals surface area contributed by atoms with Crippen LogP contribution in [0.15, 0.2) is 24.3 Å². The van der Waals surface area contributed by atoms with Crippen LogP contribution in [0, 0.1) is 0 Å². The third-order valence-electron chi connectivity index (χ3n) is 4.42. The minimum absolute atomic E-state index is 0.0207. The molecule has 2 N–H and O–H groups in total. The van der Waals surface area contributed by atoms with Gasteiger partial charge in [0.15, 0.2) is 6.10 Å². The molecule has 1 fully saturated rings. The Kier molecular flexibility index (Phi) is 3.68. The smallest absolute Gasteiger partial charge is 0.305 e. The van der Waals surface area contributed by atoms with Gasteiger partial charge in [-0.3, -0.25) is 9.59 Å². The predicted octanol–water partition coefficient (Wildman–Crippen LogP) is 1.81. The third kappa shape index (κ3) is 2.78. The molecule has 1 aromatic carbocycles. The lowest BCUT2D eigenvalue weighted by atomic mass is 9.74. The molecule has 1 heterocycles. The van der Waals surface area contributed by atoms with E-state index in [-0.39, 0.29) is 12.3 Å². The molecule has 0 spiro atoms. The molecule has 0 radical (unpaired) electrons. The van der Waals surface area contributed by atoms with E-state index in [1.54, 1.807) is 0 Å². The number of aliphatic carboxylic acids is 1. The highest BCUT2D eigenvalue weighted by Crippen LogP contribution is 2.36. The van der Waals surface area contributed by atoms with Gasteiger partial charge in [0.25, 0.3) is 5.91 Å². The lowest BCUT2D eigenvalue weighted by Crippen LogP contribution is -2.56. The maximum Gasteiger partial charge on any atom is 0.305 e. The molecule has 0 bridgehead atoms. The average molecular weight is 289 g/mol. The number of ether oxygens (including phenoxy) is 1. The number of carboxylic acid groups (broad SMARTS) is 1. The second-order valence-electron chi connectivity index (χ2n) is 5.89. The van der Waals surface area contributed by atoms with E-state index in [4.69, 9.17) is 9.84 Å². The van der Waals surface area contributed by atoms with Crippen molar-refractivity contribution in [2.24, 2.45) is 0 Å². The quantitative estimate of drug-likeness (QED) is 0.886. The number of benzene rings is 1. The number of carbonyl (C=O) groups is 2. The van der Waals surface area contributed by atoms with E-state index >= 15 is 0 Å². The number of fused-ring (bicyclic) bond motifs is 1. The lowest BCUT2D eigenvalue weighted by Gasteiger charge is -2.42. The van der Waals surface area contributed by atoms with Gasteiger partial charge in [0.2, 0.25) is 0 Å². The van der Waals surface area contributed by atoms with E-state index in [0.717, 1.165) is 36.8 Å². The van der Waals surface area contributed by atoms with Crippen LogP contribution in [0.5, 0.6) is 0 Å². The number of carbonyl (C=O) groups excluding carboxylic acids is 1. The van der Waals surface area contributed by atoms with Crippen molar-refractivity contribution in [1.82, 2.24) is 5.32 Å². The van der Waals surface area contributed by atoms with Gasteiger partial charge < -0.3 is 15.2 Å². The van der Waals surface area contributed by atoms with Crippen molar-refractivity contribution in [3.63, 3.8) is 0 Å². The third-order valence-corrected chi connectivity index (χ3v) is 4.42. The van der Waals surface area contributed by atoms with Crippen molar-refractivity contribution < 1.29 is 19.4 Å². The summed E-state index contributed by atoms with van der Waals surface area (Å²) in [6, 6.07) is 7.76. The van der Waals surface area contributed by atoms with Gasteiger partial charge in [0.1, 0.15) is 0 Å². The Hall–Kier alpha value is -1.88. The predicted molar refractivity (Wildman–Crippen MR) is 75.8 cm³/mol. The molecular formula is C16H19NO4. The van der Waals surface area contributed by atoms with Crippen LogP contribution in [-0.2, 0) is 20.7 Å². The number of hydrogen-bond donors (Lipinski definition) is 2. The standard InChI is InChI=1S/C16H19NO4/c18-13(19)10-16(7-3-8-16)17-15(20)14-12-5-2-1-4-11(12)6-9-21-14/h1-2,4-5,14H,3,6-10H2,(H,17,20)(H,18,19). The van der Waals surface area contributed by atoms with Crippen LogP contribution < -0.4 is 5.32 Å². The van der Waals surface area contributed by atoms with Crippen LogP contribution in [0.2, 0.25) is 0 Å². The largest absolute Gasteiger partial charge is 0.481 e. The second kappa shape index (κ2) is 5.48. The van der Waals surface area contributed by atoms with E-state index in [1.165, 1.54) is 0 Å². The van der Waals surface area contributed by atoms with Gasteiger partial charge in [0, 0.05) is 0 Å². The van der Waals surface area contributed by atoms with Crippen molar-refractivity contribution in [2.45, 2.75) is 43.7 Å². The molecule has 5 nitrogen and oxygen atoms in total. The topological polar surface area (TPSA) is 75.6 Å². The Morgan fingerprint density at radius 2 is 2.10 bits per heavy atom. The molecule has 1 unspecified atom stereocenters. The summed E-state index contributed by atoms with van der Waals surface area (Å²) in [4.78, 5) is 23.5. The Morgan fingerprint density at radius 1 is 1.33 bits per heavy atom. The molecule has 3 rings (SSSR count). The summed E-state index contributed by atoms with van der Waals surface area (Å²) < 4.78 is 5.63. The van der Waals surface area contributed by atoms with E-state index < -0.39 is 17.6 Å². The molecule has 2 aliphatic rings. The molecule has 1 aliphatic heterocycles. The Bertz CT molecular complexity index is 565. The molecule has 1 amide bonds. The van der Waals surface area contributed by atoms with Crippen molar-refractivity contribution in [3.05, 3.63) is 35.4 Å². The summed E-state index contributed by atoms with van der Waals surface area (Å²) in [5, 5.41) is 11.9. The maximum atomic E-state index is 12.5. The number of amides is 1. The first kappa shape index (κ1) is 14.1. The molecule has 0 aromatic heterocycles. The van der Waals surface area contributed by atoms with Gasteiger partial charge in [-0.15, -0.1) is 0 Å². The van der Waals surface area contributed by atoms with Gasteiger partial charge in [-0.05, 0) is 36.8 Å². The van der Waals surface area contributed by atoms with Gasteiger partial charge >= 0.3 is 5.97 Å². The summed E-state index contributed by atoms with van der Waals surface area (Å²) in [5.74, 6) is -1.09. The Labute approximate surface area is 123 Å². The van der Waals surface area contributed by atoms with Crippen molar-refractivity contribution in [3.8, 4) is 0 Å². The molecule has 1 saturated carbocycles. The first-order chi connectivity index (χ1) is 10.1. The Morgan fingerprint density at radius 3 is 2.76 bits per heavy atom. The Balaban J connectivity index is 1.76. The number of nitrogens with one attached hydrogen (secondary N) is 1. The highest BCUT2D eigenvalue weighted by molar-refractivity contribution is 5.84. The monoisotopic (exact) mass is 289 g/mol. The number of rotatable bonds is 4. The summed E-state index contributed by atoms with van der Waals surface area (Å²) in [5.41, 5.74) is 1.44. The van der Waals surface area contributed by atoms with Crippen molar-refractivity contribution in [1.29, 1.82) is 0 Å². The SMILES string of the molecule is O=C(O)CC1(NC(=O)C2OCCc3ccccc32)CCC1. The average Bonchev–Trinajstić information content (AvgIpc) is 2.43. The fraction of sp³-hybridized carbons (Fsp3) is 0.500. The van der Waals surface area contributed by atoms with Crippen LogP contribution in [-0.4, -0.2) is 29.1 Å². The molecule has 0 saturated heterocycles. The van der Waals surface area contributed by atoms with Crippen LogP contribution >= 0.6 is 0 Å². The first-order valence-corrected chi connectivity index (χ1v) is 7.33. The second-order valence-corrected chi connectivity index (χ2v) is 5.89. The number of carboxylic acids is 1. The summed E-state index contributed by atoms with van der Waals surface area (Å²) in [6.07, 6.45) is 2.56. The van der Waals surface area contributed by atoms with Crippen molar-refractivity contribution in [2.75, 3.05) is 6.61 Å². The highest BCUT2D eigenvalue weighted by atomic mass is 16.5. The fourth-order valence-electron chi connectivity index (χ4n) is 3.18. The zero-order valence-corrected chi connectivity index (χ0v) is 11.8. The normalized spacial score (nSPS) is 22.8. The zero-order valence-electron chi connectivity index (χ0n) is 11.8. The zero-order chi connectivity index (χ0) is 14.9. The molecule has 1 aromatic rings. The van der Waals surface area contributed by atoms with Crippen LogP contribution in [0.3, 0.4) is 0 Å². The summed E-state index contributed by atoms with van der Waals surface area (Å²) in [7, 11) is 0. The van der Waals surface area contributed by atoms with E-state index in [2.05, 4.69) is 5.32 Å². The van der Waals surface area contributed by atoms with Crippen LogP contribution in [0.1, 0.15) is 42.9 Å². The van der Waals surface area contributed by atoms with E-state index in [1.807, 2.05) is 24.3 Å². The van der Waals surface area contributed by atoms with E-state index in [9.17, 15) is 9.59 Å². The highest BCUT2D eigenvalue weighted by Gasteiger charge is 2.42. The van der Waals surface area contributed by atoms with Crippen molar-refractivity contribution >= 4 is 11.9 Å². The molecule has 5 heteroatoms. The van der Waals surface area contributed by atoms with Crippen LogP contribution in [0.25, 0.3) is 0 Å². The molecular weight excluding hydrogens is 270 g/mol. The number of hydrogen-bond acceptors (Lipinski definition) is 3. The molecule has 1 aliphatic carbocycles. The maximum absolute atomic E-state index is 12.5. The molecule has 112 valence electrons. The molecule has 21 heavy (non-hydrogen) atoms. The molecule has 1 atom stereocenters. The minimum Gasteiger partial charge on any atom is -0.481 e. The minimum atomic E-state index is -0.875.